The van der Waals surface area contributed by atoms with Gasteiger partial charge >= 0.3 is 5.97 Å². The summed E-state index contributed by atoms with van der Waals surface area (Å²) in [6.07, 6.45) is 3.15. The van der Waals surface area contributed by atoms with Crippen molar-refractivity contribution in [2.45, 2.75) is 17.7 Å². The quantitative estimate of drug-likeness (QED) is 0.847. The fourth-order valence-corrected chi connectivity index (χ4v) is 3.57. The lowest BCUT2D eigenvalue weighted by molar-refractivity contribution is -0.143. The number of nitrogens with zero attached hydrogens (tertiary/aromatic N) is 1. The minimum absolute atomic E-state index is 0.224. The number of benzene rings is 1. The molecular formula is C14H15Cl2NO3S. The number of carboxylic acids is 1. The smallest absolute Gasteiger partial charge is 0.308 e. The van der Waals surface area contributed by atoms with Gasteiger partial charge in [0, 0.05) is 18.0 Å². The van der Waals surface area contributed by atoms with Crippen molar-refractivity contribution in [2.24, 2.45) is 5.92 Å². The van der Waals surface area contributed by atoms with Crippen LogP contribution in [-0.2, 0) is 4.79 Å². The molecule has 4 nitrogen and oxygen atoms in total. The number of rotatable bonds is 3. The van der Waals surface area contributed by atoms with Crippen LogP contribution in [0.15, 0.2) is 17.0 Å². The standard InChI is InChI=1S/C14H15Cl2NO3S/c1-21-12-5-9(10(15)6-11(12)16)13(18)17-4-2-3-8(7-17)14(19)20/h5-6,8H,2-4,7H2,1H3,(H,19,20)/t8-/m0/s1. The van der Waals surface area contributed by atoms with Crippen LogP contribution in [0.2, 0.25) is 10.0 Å². The van der Waals surface area contributed by atoms with Crippen LogP contribution >= 0.6 is 35.0 Å². The third-order valence-corrected chi connectivity index (χ3v) is 5.04. The van der Waals surface area contributed by atoms with Gasteiger partial charge in [-0.3, -0.25) is 9.59 Å². The van der Waals surface area contributed by atoms with Crippen molar-refractivity contribution < 1.29 is 14.7 Å². The predicted molar refractivity (Wildman–Crippen MR) is 84.5 cm³/mol. The second kappa shape index (κ2) is 6.90. The average Bonchev–Trinajstić information content (AvgIpc) is 2.47. The lowest BCUT2D eigenvalue weighted by atomic mass is 9.97. The van der Waals surface area contributed by atoms with E-state index in [1.54, 1.807) is 17.0 Å². The molecule has 2 rings (SSSR count). The Kier molecular flexibility index (Phi) is 5.41. The van der Waals surface area contributed by atoms with Crippen molar-refractivity contribution in [3.63, 3.8) is 0 Å². The first-order chi connectivity index (χ1) is 9.93. The Bertz CT molecular complexity index is 580. The third kappa shape index (κ3) is 3.65. The summed E-state index contributed by atoms with van der Waals surface area (Å²) in [6, 6.07) is 3.23. The fraction of sp³-hybridized carbons (Fsp3) is 0.429. The molecule has 7 heteroatoms. The van der Waals surface area contributed by atoms with E-state index in [2.05, 4.69) is 0 Å². The van der Waals surface area contributed by atoms with Crippen LogP contribution in [0.4, 0.5) is 0 Å². The van der Waals surface area contributed by atoms with Crippen molar-refractivity contribution in [3.05, 3.63) is 27.7 Å². The van der Waals surface area contributed by atoms with Crippen molar-refractivity contribution in [2.75, 3.05) is 19.3 Å². The van der Waals surface area contributed by atoms with Crippen LogP contribution in [0.5, 0.6) is 0 Å². The molecule has 0 radical (unpaired) electrons. The second-order valence-corrected chi connectivity index (χ2v) is 6.56. The molecule has 0 spiro atoms. The van der Waals surface area contributed by atoms with Gasteiger partial charge in [0.2, 0.25) is 0 Å². The monoisotopic (exact) mass is 347 g/mol. The van der Waals surface area contributed by atoms with Crippen LogP contribution in [-0.4, -0.2) is 41.2 Å². The summed E-state index contributed by atoms with van der Waals surface area (Å²) in [4.78, 5) is 26.0. The molecule has 114 valence electrons. The molecule has 1 atom stereocenters. The molecule has 0 saturated carbocycles. The van der Waals surface area contributed by atoms with Gasteiger partial charge in [0.15, 0.2) is 0 Å². The summed E-state index contributed by atoms with van der Waals surface area (Å²) in [5.74, 6) is -1.61. The molecular weight excluding hydrogens is 333 g/mol. The zero-order valence-corrected chi connectivity index (χ0v) is 13.8. The van der Waals surface area contributed by atoms with E-state index in [0.29, 0.717) is 35.0 Å². The molecule has 21 heavy (non-hydrogen) atoms. The Labute approximate surface area is 137 Å². The topological polar surface area (TPSA) is 57.6 Å². The number of halogens is 2. The maximum absolute atomic E-state index is 12.6. The second-order valence-electron chi connectivity index (χ2n) is 4.90. The highest BCUT2D eigenvalue weighted by Gasteiger charge is 2.29. The van der Waals surface area contributed by atoms with E-state index >= 15 is 0 Å². The van der Waals surface area contributed by atoms with Crippen molar-refractivity contribution in [1.29, 1.82) is 0 Å². The third-order valence-electron chi connectivity index (χ3n) is 3.53. The lowest BCUT2D eigenvalue weighted by Crippen LogP contribution is -2.42. The number of thioether (sulfide) groups is 1. The lowest BCUT2D eigenvalue weighted by Gasteiger charge is -2.31. The Hall–Kier alpha value is -0.910. The van der Waals surface area contributed by atoms with Gasteiger partial charge in [0.05, 0.1) is 21.5 Å². The van der Waals surface area contributed by atoms with E-state index in [1.807, 2.05) is 6.26 Å². The fourth-order valence-electron chi connectivity index (χ4n) is 2.38. The Balaban J connectivity index is 2.25. The molecule has 0 aliphatic carbocycles. The molecule has 0 bridgehead atoms. The number of carbonyl (C=O) groups is 2. The van der Waals surface area contributed by atoms with Crippen LogP contribution in [0.3, 0.4) is 0 Å². The van der Waals surface area contributed by atoms with Gasteiger partial charge in [-0.25, -0.2) is 0 Å². The van der Waals surface area contributed by atoms with E-state index in [9.17, 15) is 9.59 Å². The largest absolute Gasteiger partial charge is 0.481 e. The summed E-state index contributed by atoms with van der Waals surface area (Å²) < 4.78 is 0. The van der Waals surface area contributed by atoms with Gasteiger partial charge in [-0.1, -0.05) is 23.2 Å². The van der Waals surface area contributed by atoms with Crippen molar-refractivity contribution in [1.82, 2.24) is 4.90 Å². The Morgan fingerprint density at radius 1 is 1.33 bits per heavy atom. The molecule has 1 heterocycles. The van der Waals surface area contributed by atoms with Gasteiger partial charge in [-0.2, -0.15) is 0 Å². The van der Waals surface area contributed by atoms with E-state index in [1.165, 1.54) is 11.8 Å². The summed E-state index contributed by atoms with van der Waals surface area (Å²) >= 11 is 13.6. The molecule has 0 unspecified atom stereocenters. The van der Waals surface area contributed by atoms with Crippen molar-refractivity contribution >= 4 is 46.8 Å². The highest BCUT2D eigenvalue weighted by atomic mass is 35.5. The maximum atomic E-state index is 12.6. The summed E-state index contributed by atoms with van der Waals surface area (Å²) in [5, 5.41) is 9.89. The number of aliphatic carboxylic acids is 1. The predicted octanol–water partition coefficient (Wildman–Crippen LogP) is 3.65. The highest BCUT2D eigenvalue weighted by Crippen LogP contribution is 2.32. The maximum Gasteiger partial charge on any atom is 0.308 e. The molecule has 1 aliphatic heterocycles. The highest BCUT2D eigenvalue weighted by molar-refractivity contribution is 7.98. The van der Waals surface area contributed by atoms with Crippen molar-refractivity contribution in [3.8, 4) is 0 Å². The molecule has 1 amide bonds. The number of carboxylic acid groups (broad SMARTS) is 1. The van der Waals surface area contributed by atoms with Crippen LogP contribution in [0.1, 0.15) is 23.2 Å². The Morgan fingerprint density at radius 2 is 2.05 bits per heavy atom. The number of hydrogen-bond donors (Lipinski definition) is 1. The number of carbonyl (C=O) groups excluding carboxylic acids is 1. The van der Waals surface area contributed by atoms with Gasteiger partial charge in [0.25, 0.3) is 5.91 Å². The van der Waals surface area contributed by atoms with E-state index in [0.717, 1.165) is 4.90 Å². The summed E-state index contributed by atoms with van der Waals surface area (Å²) in [6.45, 7) is 0.776. The van der Waals surface area contributed by atoms with E-state index < -0.39 is 11.9 Å². The van der Waals surface area contributed by atoms with Gasteiger partial charge in [0.1, 0.15) is 0 Å². The summed E-state index contributed by atoms with van der Waals surface area (Å²) in [7, 11) is 0. The minimum Gasteiger partial charge on any atom is -0.481 e. The van der Waals surface area contributed by atoms with E-state index in [4.69, 9.17) is 28.3 Å². The van der Waals surface area contributed by atoms with E-state index in [-0.39, 0.29) is 12.5 Å². The van der Waals surface area contributed by atoms with Gasteiger partial charge in [-0.15, -0.1) is 11.8 Å². The van der Waals surface area contributed by atoms with Gasteiger partial charge in [-0.05, 0) is 31.2 Å². The number of likely N-dealkylation sites (tertiary alicyclic amines) is 1. The van der Waals surface area contributed by atoms with Gasteiger partial charge < -0.3 is 10.0 Å². The first-order valence-electron chi connectivity index (χ1n) is 6.49. The minimum atomic E-state index is -0.862. The molecule has 1 saturated heterocycles. The molecule has 1 fully saturated rings. The molecule has 0 aromatic heterocycles. The number of amides is 1. The number of hydrogen-bond acceptors (Lipinski definition) is 3. The van der Waals surface area contributed by atoms with Crippen LogP contribution in [0.25, 0.3) is 0 Å². The molecule has 1 aromatic rings. The molecule has 1 aliphatic rings. The first kappa shape index (κ1) is 16.5. The molecule has 1 aromatic carbocycles. The van der Waals surface area contributed by atoms with Crippen LogP contribution < -0.4 is 0 Å². The molecule has 1 N–H and O–H groups in total. The zero-order valence-electron chi connectivity index (χ0n) is 11.4. The SMILES string of the molecule is CSc1cc(C(=O)N2CCC[C@H](C(=O)O)C2)c(Cl)cc1Cl. The summed E-state index contributed by atoms with van der Waals surface area (Å²) in [5.41, 5.74) is 0.372. The Morgan fingerprint density at radius 3 is 2.67 bits per heavy atom. The van der Waals surface area contributed by atoms with Crippen LogP contribution in [0, 0.1) is 5.92 Å². The zero-order chi connectivity index (χ0) is 15.6. The first-order valence-corrected chi connectivity index (χ1v) is 8.47. The average molecular weight is 348 g/mol. The normalized spacial score (nSPS) is 18.6. The number of piperidine rings is 1.